The first-order chi connectivity index (χ1) is 22.3. The Balaban J connectivity index is 1.18. The molecule has 0 bridgehead atoms. The van der Waals surface area contributed by atoms with Crippen molar-refractivity contribution in [2.24, 2.45) is 0 Å². The molecule has 0 saturated carbocycles. The van der Waals surface area contributed by atoms with E-state index in [-0.39, 0.29) is 0 Å². The highest BCUT2D eigenvalue weighted by Crippen LogP contribution is 2.40. The lowest BCUT2D eigenvalue weighted by Gasteiger charge is -2.26. The molecular weight excluding hydrogens is 550 g/mol. The second kappa shape index (κ2) is 10.2. The number of nitrogens with zero attached hydrogens (tertiary/aromatic N) is 3. The van der Waals surface area contributed by atoms with E-state index in [1.54, 1.807) is 0 Å². The summed E-state index contributed by atoms with van der Waals surface area (Å²) in [5, 5.41) is 4.72. The quantitative estimate of drug-likeness (QED) is 0.204. The van der Waals surface area contributed by atoms with E-state index in [4.69, 9.17) is 9.40 Å². The Morgan fingerprint density at radius 2 is 1.13 bits per heavy atom. The summed E-state index contributed by atoms with van der Waals surface area (Å²) in [5.74, 6) is 0.618. The van der Waals surface area contributed by atoms with Crippen molar-refractivity contribution < 1.29 is 4.42 Å². The minimum atomic E-state index is 0.618. The molecule has 4 heteroatoms. The summed E-state index contributed by atoms with van der Waals surface area (Å²) in [6.45, 7) is 0. The Hall–Kier alpha value is -6.13. The van der Waals surface area contributed by atoms with Crippen molar-refractivity contribution in [3.8, 4) is 17.1 Å². The van der Waals surface area contributed by atoms with Crippen LogP contribution in [0, 0.1) is 0 Å². The van der Waals surface area contributed by atoms with Crippen LogP contribution < -0.4 is 4.90 Å². The van der Waals surface area contributed by atoms with Gasteiger partial charge in [0.2, 0.25) is 5.89 Å². The molecule has 0 fully saturated rings. The van der Waals surface area contributed by atoms with Gasteiger partial charge < -0.3 is 13.9 Å². The number of oxazole rings is 1. The molecule has 2 aromatic heterocycles. The predicted octanol–water partition coefficient (Wildman–Crippen LogP) is 11.2. The lowest BCUT2D eigenvalue weighted by Crippen LogP contribution is -2.10. The van der Waals surface area contributed by atoms with Crippen LogP contribution in [0.25, 0.3) is 60.8 Å². The lowest BCUT2D eigenvalue weighted by molar-refractivity contribution is 0.620. The van der Waals surface area contributed by atoms with Gasteiger partial charge in [0, 0.05) is 44.5 Å². The van der Waals surface area contributed by atoms with Gasteiger partial charge in [-0.05, 0) is 78.2 Å². The molecule has 0 amide bonds. The average molecular weight is 578 g/mol. The summed E-state index contributed by atoms with van der Waals surface area (Å²) < 4.78 is 8.60. The smallest absolute Gasteiger partial charge is 0.227 e. The second-order valence-electron chi connectivity index (χ2n) is 11.3. The van der Waals surface area contributed by atoms with Gasteiger partial charge >= 0.3 is 0 Å². The summed E-state index contributed by atoms with van der Waals surface area (Å²) in [5.41, 5.74) is 9.33. The molecule has 0 N–H and O–H groups in total. The molecule has 0 aliphatic rings. The van der Waals surface area contributed by atoms with Gasteiger partial charge in [-0.15, -0.1) is 0 Å². The largest absolute Gasteiger partial charge is 0.436 e. The third kappa shape index (κ3) is 4.19. The highest BCUT2D eigenvalue weighted by molar-refractivity contribution is 6.10. The van der Waals surface area contributed by atoms with E-state index < -0.39 is 0 Å². The highest BCUT2D eigenvalue weighted by atomic mass is 16.3. The van der Waals surface area contributed by atoms with Gasteiger partial charge in [0.15, 0.2) is 5.58 Å². The molecule has 0 aliphatic carbocycles. The fourth-order valence-corrected chi connectivity index (χ4v) is 6.52. The van der Waals surface area contributed by atoms with Crippen LogP contribution in [0.1, 0.15) is 0 Å². The Morgan fingerprint density at radius 3 is 1.96 bits per heavy atom. The number of para-hydroxylation sites is 3. The van der Waals surface area contributed by atoms with Crippen molar-refractivity contribution in [2.45, 2.75) is 0 Å². The van der Waals surface area contributed by atoms with Crippen molar-refractivity contribution in [3.05, 3.63) is 164 Å². The molecule has 0 aliphatic heterocycles. The minimum absolute atomic E-state index is 0.618. The standard InChI is InChI=1S/C41H27N3O/c1-3-12-30(13-4-1)43(32-22-19-29(20-23-32)41-42-40-34-16-8-7-11-28(34)21-26-39(40)45-41)33-24-25-36-35-17-9-10-18-37(35)44(38(36)27-33)31-14-5-2-6-15-31/h1-27H. The molecule has 0 unspecified atom stereocenters. The Bertz CT molecular complexity index is 2480. The summed E-state index contributed by atoms with van der Waals surface area (Å²) in [6, 6.07) is 57.4. The van der Waals surface area contributed by atoms with Crippen LogP contribution in [0.5, 0.6) is 0 Å². The molecular formula is C41H27N3O. The SMILES string of the molecule is c1ccc(N(c2ccc(-c3nc4c(ccc5ccccc54)o3)cc2)c2ccc3c4ccccc4n(-c4ccccc4)c3c2)cc1. The molecule has 212 valence electrons. The van der Waals surface area contributed by atoms with Gasteiger partial charge in [-0.1, -0.05) is 91.0 Å². The van der Waals surface area contributed by atoms with Crippen LogP contribution in [-0.4, -0.2) is 9.55 Å². The van der Waals surface area contributed by atoms with Crippen molar-refractivity contribution in [1.29, 1.82) is 0 Å². The van der Waals surface area contributed by atoms with E-state index in [1.165, 1.54) is 16.3 Å². The zero-order valence-electron chi connectivity index (χ0n) is 24.3. The molecule has 0 atom stereocenters. The van der Waals surface area contributed by atoms with Crippen molar-refractivity contribution in [2.75, 3.05) is 4.90 Å². The van der Waals surface area contributed by atoms with E-state index in [0.29, 0.717) is 5.89 Å². The number of benzene rings is 7. The maximum atomic E-state index is 6.24. The topological polar surface area (TPSA) is 34.2 Å². The van der Waals surface area contributed by atoms with Crippen LogP contribution in [-0.2, 0) is 0 Å². The van der Waals surface area contributed by atoms with Crippen molar-refractivity contribution in [3.63, 3.8) is 0 Å². The summed E-state index contributed by atoms with van der Waals surface area (Å²) in [6.07, 6.45) is 0. The third-order valence-electron chi connectivity index (χ3n) is 8.60. The van der Waals surface area contributed by atoms with Crippen LogP contribution >= 0.6 is 0 Å². The van der Waals surface area contributed by atoms with Gasteiger partial charge in [0.1, 0.15) is 5.52 Å². The van der Waals surface area contributed by atoms with Crippen LogP contribution in [0.15, 0.2) is 168 Å². The number of aromatic nitrogens is 2. The van der Waals surface area contributed by atoms with Gasteiger partial charge in [-0.3, -0.25) is 0 Å². The van der Waals surface area contributed by atoms with Crippen LogP contribution in [0.4, 0.5) is 17.1 Å². The van der Waals surface area contributed by atoms with Crippen molar-refractivity contribution >= 4 is 60.7 Å². The monoisotopic (exact) mass is 577 g/mol. The molecule has 9 rings (SSSR count). The Morgan fingerprint density at radius 1 is 0.489 bits per heavy atom. The normalized spacial score (nSPS) is 11.6. The number of hydrogen-bond acceptors (Lipinski definition) is 3. The van der Waals surface area contributed by atoms with Crippen LogP contribution in [0.2, 0.25) is 0 Å². The maximum Gasteiger partial charge on any atom is 0.227 e. The van der Waals surface area contributed by atoms with E-state index >= 15 is 0 Å². The maximum absolute atomic E-state index is 6.24. The molecule has 0 saturated heterocycles. The Kier molecular flexibility index (Phi) is 5.78. The molecule has 2 heterocycles. The van der Waals surface area contributed by atoms with E-state index in [2.05, 4.69) is 155 Å². The number of rotatable bonds is 5. The lowest BCUT2D eigenvalue weighted by atomic mass is 10.1. The average Bonchev–Trinajstić information content (AvgIpc) is 3.69. The van der Waals surface area contributed by atoms with Gasteiger partial charge in [-0.2, -0.15) is 0 Å². The second-order valence-corrected chi connectivity index (χ2v) is 11.3. The van der Waals surface area contributed by atoms with Gasteiger partial charge in [0.25, 0.3) is 0 Å². The highest BCUT2D eigenvalue weighted by Gasteiger charge is 2.18. The number of anilines is 3. The molecule has 7 aromatic carbocycles. The first-order valence-electron chi connectivity index (χ1n) is 15.1. The zero-order valence-corrected chi connectivity index (χ0v) is 24.3. The first kappa shape index (κ1) is 25.4. The molecule has 4 nitrogen and oxygen atoms in total. The fourth-order valence-electron chi connectivity index (χ4n) is 6.52. The minimum Gasteiger partial charge on any atom is -0.436 e. The predicted molar refractivity (Wildman–Crippen MR) is 186 cm³/mol. The van der Waals surface area contributed by atoms with Gasteiger partial charge in [-0.25, -0.2) is 4.98 Å². The van der Waals surface area contributed by atoms with E-state index in [0.717, 1.165) is 55.7 Å². The molecule has 45 heavy (non-hydrogen) atoms. The third-order valence-corrected chi connectivity index (χ3v) is 8.60. The first-order valence-corrected chi connectivity index (χ1v) is 15.1. The number of hydrogen-bond donors (Lipinski definition) is 0. The van der Waals surface area contributed by atoms with E-state index in [9.17, 15) is 0 Å². The Labute approximate surface area is 260 Å². The zero-order chi connectivity index (χ0) is 29.7. The van der Waals surface area contributed by atoms with E-state index in [1.807, 2.05) is 18.2 Å². The molecule has 9 aromatic rings. The summed E-state index contributed by atoms with van der Waals surface area (Å²) >= 11 is 0. The van der Waals surface area contributed by atoms with Crippen LogP contribution in [0.3, 0.4) is 0 Å². The summed E-state index contributed by atoms with van der Waals surface area (Å²) in [7, 11) is 0. The fraction of sp³-hybridized carbons (Fsp3) is 0. The summed E-state index contributed by atoms with van der Waals surface area (Å²) in [4.78, 5) is 7.21. The molecule has 0 radical (unpaired) electrons. The number of fused-ring (bicyclic) bond motifs is 6. The van der Waals surface area contributed by atoms with Gasteiger partial charge in [0.05, 0.1) is 11.0 Å². The molecule has 0 spiro atoms. The van der Waals surface area contributed by atoms with Crippen molar-refractivity contribution in [1.82, 2.24) is 9.55 Å².